The highest BCUT2D eigenvalue weighted by atomic mass is 19.1. The Morgan fingerprint density at radius 2 is 1.88 bits per heavy atom. The highest BCUT2D eigenvalue weighted by Crippen LogP contribution is 2.37. The summed E-state index contributed by atoms with van der Waals surface area (Å²) in [6.45, 7) is 2.69. The predicted octanol–water partition coefficient (Wildman–Crippen LogP) is 3.55. The number of aromatic nitrogens is 1. The van der Waals surface area contributed by atoms with Crippen LogP contribution in [0.2, 0.25) is 0 Å². The van der Waals surface area contributed by atoms with Gasteiger partial charge in [0.1, 0.15) is 5.82 Å². The van der Waals surface area contributed by atoms with E-state index >= 15 is 0 Å². The minimum Gasteiger partial charge on any atom is -0.505 e. The van der Waals surface area contributed by atoms with E-state index in [-0.39, 0.29) is 27.9 Å². The fourth-order valence-electron chi connectivity index (χ4n) is 2.68. The van der Waals surface area contributed by atoms with E-state index in [1.54, 1.807) is 0 Å². The average Bonchev–Trinajstić information content (AvgIpc) is 2.79. The van der Waals surface area contributed by atoms with E-state index in [9.17, 15) is 23.5 Å². The van der Waals surface area contributed by atoms with Crippen LogP contribution in [0.1, 0.15) is 23.0 Å². The molecule has 0 fully saturated rings. The van der Waals surface area contributed by atoms with Crippen LogP contribution in [0.15, 0.2) is 36.4 Å². The quantitative estimate of drug-likeness (QED) is 0.721. The Balaban J connectivity index is 2.30. The van der Waals surface area contributed by atoms with Crippen molar-refractivity contribution in [2.75, 3.05) is 0 Å². The molecule has 0 unspecified atom stereocenters. The molecule has 1 aromatic heterocycles. The van der Waals surface area contributed by atoms with Crippen LogP contribution in [-0.4, -0.2) is 21.6 Å². The molecular weight excluding hydrogens is 332 g/mol. The van der Waals surface area contributed by atoms with E-state index < -0.39 is 29.3 Å². The van der Waals surface area contributed by atoms with Crippen molar-refractivity contribution in [2.24, 2.45) is 0 Å². The molecule has 1 N–H and O–H groups in total. The number of halogens is 2. The first kappa shape index (κ1) is 16.6. The van der Waals surface area contributed by atoms with Crippen molar-refractivity contribution in [1.82, 2.24) is 4.57 Å². The predicted molar refractivity (Wildman–Crippen MR) is 85.7 cm³/mol. The van der Waals surface area contributed by atoms with E-state index in [0.29, 0.717) is 0 Å². The second kappa shape index (κ2) is 6.01. The first-order chi connectivity index (χ1) is 11.8. The van der Waals surface area contributed by atoms with Crippen LogP contribution in [0, 0.1) is 18.6 Å². The van der Waals surface area contributed by atoms with Crippen LogP contribution in [0.5, 0.6) is 11.5 Å². The lowest BCUT2D eigenvalue weighted by Gasteiger charge is -2.07. The van der Waals surface area contributed by atoms with E-state index in [0.717, 1.165) is 22.8 Å². The molecule has 128 valence electrons. The summed E-state index contributed by atoms with van der Waals surface area (Å²) < 4.78 is 33.5. The largest absolute Gasteiger partial charge is 0.505 e. The van der Waals surface area contributed by atoms with Crippen LogP contribution in [0.4, 0.5) is 8.78 Å². The summed E-state index contributed by atoms with van der Waals surface area (Å²) in [5.74, 6) is -3.40. The average molecular weight is 345 g/mol. The molecule has 3 aromatic rings. The van der Waals surface area contributed by atoms with Crippen molar-refractivity contribution in [3.8, 4) is 11.5 Å². The fraction of sp³-hybridized carbons (Fsp3) is 0.111. The molecule has 0 amide bonds. The van der Waals surface area contributed by atoms with Gasteiger partial charge < -0.3 is 9.84 Å². The standard InChI is InChI=1S/C18H13F2NO4/c1-9-17(25-10(2)22)13-7-16(23)14(20)8-15(13)21(9)18(24)11-4-3-5-12(19)6-11/h3-8,23H,1-2H3. The molecule has 0 aliphatic carbocycles. The molecule has 0 spiro atoms. The number of nitrogens with zero attached hydrogens (tertiary/aromatic N) is 1. The van der Waals surface area contributed by atoms with Gasteiger partial charge in [-0.25, -0.2) is 8.78 Å². The molecule has 0 radical (unpaired) electrons. The second-order valence-electron chi connectivity index (χ2n) is 5.48. The van der Waals surface area contributed by atoms with Gasteiger partial charge >= 0.3 is 5.97 Å². The number of carbonyl (C=O) groups excluding carboxylic acids is 2. The van der Waals surface area contributed by atoms with Crippen LogP contribution >= 0.6 is 0 Å². The number of aromatic hydroxyl groups is 1. The molecule has 1 heterocycles. The lowest BCUT2D eigenvalue weighted by molar-refractivity contribution is -0.131. The van der Waals surface area contributed by atoms with Crippen LogP contribution in [-0.2, 0) is 4.79 Å². The molecule has 5 nitrogen and oxygen atoms in total. The Hall–Kier alpha value is -3.22. The van der Waals surface area contributed by atoms with E-state index in [1.807, 2.05) is 0 Å². The molecule has 0 bridgehead atoms. The Morgan fingerprint density at radius 1 is 1.16 bits per heavy atom. The molecule has 3 rings (SSSR count). The Labute approximate surface area is 141 Å². The van der Waals surface area contributed by atoms with Gasteiger partial charge in [0, 0.05) is 23.9 Å². The van der Waals surface area contributed by atoms with Crippen LogP contribution < -0.4 is 4.74 Å². The molecule has 0 saturated carbocycles. The van der Waals surface area contributed by atoms with Crippen LogP contribution in [0.25, 0.3) is 10.9 Å². The van der Waals surface area contributed by atoms with Crippen molar-refractivity contribution in [2.45, 2.75) is 13.8 Å². The number of ether oxygens (including phenoxy) is 1. The zero-order valence-corrected chi connectivity index (χ0v) is 13.3. The van der Waals surface area contributed by atoms with Crippen molar-refractivity contribution in [3.63, 3.8) is 0 Å². The summed E-state index contributed by atoms with van der Waals surface area (Å²) in [7, 11) is 0. The maximum Gasteiger partial charge on any atom is 0.308 e. The van der Waals surface area contributed by atoms with E-state index in [4.69, 9.17) is 4.74 Å². The van der Waals surface area contributed by atoms with Gasteiger partial charge in [-0.15, -0.1) is 0 Å². The topological polar surface area (TPSA) is 68.5 Å². The Morgan fingerprint density at radius 3 is 2.52 bits per heavy atom. The number of phenols is 1. The normalized spacial score (nSPS) is 10.9. The monoisotopic (exact) mass is 345 g/mol. The van der Waals surface area contributed by atoms with Gasteiger partial charge in [-0.1, -0.05) is 6.07 Å². The number of hydrogen-bond acceptors (Lipinski definition) is 4. The van der Waals surface area contributed by atoms with Gasteiger partial charge in [0.15, 0.2) is 17.3 Å². The van der Waals surface area contributed by atoms with E-state index in [1.165, 1.54) is 32.0 Å². The smallest absolute Gasteiger partial charge is 0.308 e. The van der Waals surface area contributed by atoms with Gasteiger partial charge in [0.25, 0.3) is 5.91 Å². The number of rotatable bonds is 2. The number of fused-ring (bicyclic) bond motifs is 1. The van der Waals surface area contributed by atoms with Crippen molar-refractivity contribution >= 4 is 22.8 Å². The Kier molecular flexibility index (Phi) is 4.00. The summed E-state index contributed by atoms with van der Waals surface area (Å²) in [6, 6.07) is 7.07. The number of carbonyl (C=O) groups is 2. The van der Waals surface area contributed by atoms with Crippen molar-refractivity contribution < 1.29 is 28.2 Å². The summed E-state index contributed by atoms with van der Waals surface area (Å²) in [4.78, 5) is 24.2. The fourth-order valence-corrected chi connectivity index (χ4v) is 2.68. The third-order valence-electron chi connectivity index (χ3n) is 3.74. The number of hydrogen-bond donors (Lipinski definition) is 1. The number of esters is 1. The first-order valence-electron chi connectivity index (χ1n) is 7.31. The lowest BCUT2D eigenvalue weighted by atomic mass is 10.2. The van der Waals surface area contributed by atoms with Crippen molar-refractivity contribution in [1.29, 1.82) is 0 Å². The number of phenolic OH excluding ortho intramolecular Hbond substituents is 1. The third kappa shape index (κ3) is 2.84. The molecule has 25 heavy (non-hydrogen) atoms. The Bertz CT molecular complexity index is 1020. The first-order valence-corrected chi connectivity index (χ1v) is 7.31. The molecule has 0 aliphatic rings. The maximum absolute atomic E-state index is 13.8. The van der Waals surface area contributed by atoms with E-state index in [2.05, 4.69) is 0 Å². The van der Waals surface area contributed by atoms with Crippen molar-refractivity contribution in [3.05, 3.63) is 59.3 Å². The molecule has 0 aliphatic heterocycles. The minimum absolute atomic E-state index is 0.0301. The summed E-state index contributed by atoms with van der Waals surface area (Å²) in [5.41, 5.74) is 0.366. The third-order valence-corrected chi connectivity index (χ3v) is 3.74. The van der Waals surface area contributed by atoms with Gasteiger partial charge in [-0.3, -0.25) is 14.2 Å². The zero-order valence-electron chi connectivity index (χ0n) is 13.3. The molecular formula is C18H13F2NO4. The van der Waals surface area contributed by atoms with Crippen LogP contribution in [0.3, 0.4) is 0 Å². The molecule has 7 heteroatoms. The molecule has 0 saturated heterocycles. The van der Waals surface area contributed by atoms with Gasteiger partial charge in [-0.2, -0.15) is 0 Å². The highest BCUT2D eigenvalue weighted by Gasteiger charge is 2.24. The SMILES string of the molecule is CC(=O)Oc1c(C)n(C(=O)c2cccc(F)c2)c2cc(F)c(O)cc12. The summed E-state index contributed by atoms with van der Waals surface area (Å²) in [5, 5.41) is 9.80. The second-order valence-corrected chi connectivity index (χ2v) is 5.48. The van der Waals surface area contributed by atoms with Gasteiger partial charge in [-0.05, 0) is 31.2 Å². The molecule has 0 atom stereocenters. The summed E-state index contributed by atoms with van der Waals surface area (Å²) in [6.07, 6.45) is 0. The lowest BCUT2D eigenvalue weighted by Crippen LogP contribution is -2.14. The van der Waals surface area contributed by atoms with Gasteiger partial charge in [0.05, 0.1) is 11.2 Å². The summed E-state index contributed by atoms with van der Waals surface area (Å²) >= 11 is 0. The maximum atomic E-state index is 13.8. The molecule has 2 aromatic carbocycles. The van der Waals surface area contributed by atoms with Gasteiger partial charge in [0.2, 0.25) is 0 Å². The zero-order chi connectivity index (χ0) is 18.3. The number of benzene rings is 2. The minimum atomic E-state index is -0.937. The highest BCUT2D eigenvalue weighted by molar-refractivity contribution is 6.05.